The fraction of sp³-hybridized carbons (Fsp3) is 0.111. The van der Waals surface area contributed by atoms with Gasteiger partial charge in [-0.25, -0.2) is 9.22 Å². The molecule has 8 nitrogen and oxygen atoms in total. The van der Waals surface area contributed by atoms with Crippen LogP contribution in [0, 0.1) is 5.82 Å². The second-order valence-corrected chi connectivity index (χ2v) is 7.24. The topological polar surface area (TPSA) is 106 Å². The van der Waals surface area contributed by atoms with E-state index in [2.05, 4.69) is 20.1 Å². The van der Waals surface area contributed by atoms with E-state index in [0.29, 0.717) is 22.6 Å². The van der Waals surface area contributed by atoms with Crippen molar-refractivity contribution in [1.29, 1.82) is 0 Å². The molecule has 2 aromatic carbocycles. The van der Waals surface area contributed by atoms with Gasteiger partial charge in [0, 0.05) is 17.2 Å². The first-order chi connectivity index (χ1) is 13.4. The van der Waals surface area contributed by atoms with Crippen LogP contribution in [0.2, 0.25) is 0 Å². The quantitative estimate of drug-likeness (QED) is 0.465. The van der Waals surface area contributed by atoms with E-state index in [-0.39, 0.29) is 16.5 Å². The second-order valence-electron chi connectivity index (χ2n) is 5.58. The highest BCUT2D eigenvalue weighted by Gasteiger charge is 2.16. The van der Waals surface area contributed by atoms with Gasteiger partial charge < -0.3 is 9.47 Å². The van der Waals surface area contributed by atoms with Crippen LogP contribution < -0.4 is 14.3 Å². The van der Waals surface area contributed by atoms with Gasteiger partial charge >= 0.3 is 0 Å². The molecule has 0 atom stereocenters. The Morgan fingerprint density at radius 1 is 1.11 bits per heavy atom. The van der Waals surface area contributed by atoms with Gasteiger partial charge in [-0.3, -0.25) is 5.10 Å². The SMILES string of the molecule is COc1ccc(S(=O)(=O)N/N=C\c2cn[nH]c2-c2ccc(F)cc2)cc1OC. The van der Waals surface area contributed by atoms with Gasteiger partial charge in [-0.05, 0) is 36.4 Å². The van der Waals surface area contributed by atoms with Crippen molar-refractivity contribution >= 4 is 16.2 Å². The number of halogens is 1. The lowest BCUT2D eigenvalue weighted by Gasteiger charge is -2.09. The van der Waals surface area contributed by atoms with Crippen molar-refractivity contribution in [2.45, 2.75) is 4.90 Å². The van der Waals surface area contributed by atoms with Gasteiger partial charge in [0.05, 0.1) is 37.2 Å². The van der Waals surface area contributed by atoms with Crippen LogP contribution >= 0.6 is 0 Å². The standard InChI is InChI=1S/C18H17FN4O4S/c1-26-16-8-7-15(9-17(16)27-2)28(24,25)23-21-11-13-10-20-22-18(13)12-3-5-14(19)6-4-12/h3-11,23H,1-2H3,(H,20,22)/b21-11-. The van der Waals surface area contributed by atoms with Crippen molar-refractivity contribution in [2.24, 2.45) is 5.10 Å². The summed E-state index contributed by atoms with van der Waals surface area (Å²) in [6.45, 7) is 0. The minimum atomic E-state index is -3.92. The van der Waals surface area contributed by atoms with E-state index in [1.54, 1.807) is 12.1 Å². The maximum absolute atomic E-state index is 13.1. The molecule has 0 aliphatic carbocycles. The number of hydrogen-bond donors (Lipinski definition) is 2. The van der Waals surface area contributed by atoms with Crippen LogP contribution in [0.3, 0.4) is 0 Å². The largest absolute Gasteiger partial charge is 0.493 e. The number of nitrogens with one attached hydrogen (secondary N) is 2. The predicted octanol–water partition coefficient (Wildman–Crippen LogP) is 2.55. The molecule has 0 spiro atoms. The van der Waals surface area contributed by atoms with Crippen LogP contribution in [-0.4, -0.2) is 39.0 Å². The molecule has 0 aliphatic heterocycles. The van der Waals surface area contributed by atoms with Crippen molar-refractivity contribution in [3.05, 3.63) is 60.0 Å². The van der Waals surface area contributed by atoms with Crippen LogP contribution in [0.5, 0.6) is 11.5 Å². The van der Waals surface area contributed by atoms with Crippen molar-refractivity contribution in [2.75, 3.05) is 14.2 Å². The van der Waals surface area contributed by atoms with Gasteiger partial charge in [0.2, 0.25) is 0 Å². The van der Waals surface area contributed by atoms with Crippen molar-refractivity contribution in [3.8, 4) is 22.8 Å². The van der Waals surface area contributed by atoms with Gasteiger partial charge in [0.25, 0.3) is 10.0 Å². The summed E-state index contributed by atoms with van der Waals surface area (Å²) in [4.78, 5) is 2.10. The average molecular weight is 404 g/mol. The summed E-state index contributed by atoms with van der Waals surface area (Å²) >= 11 is 0. The van der Waals surface area contributed by atoms with Gasteiger partial charge in [0.1, 0.15) is 5.82 Å². The van der Waals surface area contributed by atoms with Crippen LogP contribution in [0.15, 0.2) is 58.7 Å². The van der Waals surface area contributed by atoms with E-state index in [1.165, 1.54) is 57.0 Å². The van der Waals surface area contributed by atoms with Crippen LogP contribution in [0.1, 0.15) is 5.56 Å². The molecule has 146 valence electrons. The van der Waals surface area contributed by atoms with Crippen LogP contribution in [0.25, 0.3) is 11.3 Å². The first-order valence-electron chi connectivity index (χ1n) is 8.01. The number of hydrogen-bond acceptors (Lipinski definition) is 6. The molecule has 0 amide bonds. The summed E-state index contributed by atoms with van der Waals surface area (Å²) in [5, 5.41) is 10.5. The number of nitrogens with zero attached hydrogens (tertiary/aromatic N) is 2. The molecule has 0 radical (unpaired) electrons. The minimum Gasteiger partial charge on any atom is -0.493 e. The Balaban J connectivity index is 1.80. The number of aromatic amines is 1. The normalized spacial score (nSPS) is 11.5. The first-order valence-corrected chi connectivity index (χ1v) is 9.49. The average Bonchev–Trinajstić information content (AvgIpc) is 3.16. The number of ether oxygens (including phenoxy) is 2. The Hall–Kier alpha value is -3.40. The molecular weight excluding hydrogens is 387 g/mol. The van der Waals surface area contributed by atoms with E-state index in [9.17, 15) is 12.8 Å². The molecule has 0 fully saturated rings. The minimum absolute atomic E-state index is 0.0340. The Bertz CT molecular complexity index is 1100. The zero-order valence-electron chi connectivity index (χ0n) is 15.0. The molecule has 0 saturated heterocycles. The summed E-state index contributed by atoms with van der Waals surface area (Å²) in [5.74, 6) is 0.330. The zero-order valence-corrected chi connectivity index (χ0v) is 15.8. The molecule has 10 heteroatoms. The highest BCUT2D eigenvalue weighted by molar-refractivity contribution is 7.89. The Kier molecular flexibility index (Phi) is 5.59. The van der Waals surface area contributed by atoms with E-state index < -0.39 is 10.0 Å². The molecule has 1 heterocycles. The number of aromatic nitrogens is 2. The van der Waals surface area contributed by atoms with Gasteiger partial charge in [-0.15, -0.1) is 0 Å². The zero-order chi connectivity index (χ0) is 20.1. The Labute approximate surface area is 161 Å². The van der Waals surface area contributed by atoms with E-state index >= 15 is 0 Å². The number of hydrazone groups is 1. The van der Waals surface area contributed by atoms with Gasteiger partial charge in [0.15, 0.2) is 11.5 Å². The Morgan fingerprint density at radius 2 is 1.82 bits per heavy atom. The molecule has 28 heavy (non-hydrogen) atoms. The molecule has 1 aromatic heterocycles. The van der Waals surface area contributed by atoms with E-state index in [1.807, 2.05) is 0 Å². The molecule has 2 N–H and O–H groups in total. The fourth-order valence-corrected chi connectivity index (χ4v) is 3.25. The predicted molar refractivity (Wildman–Crippen MR) is 101 cm³/mol. The van der Waals surface area contributed by atoms with Gasteiger partial charge in [-0.2, -0.15) is 18.6 Å². The van der Waals surface area contributed by atoms with Crippen LogP contribution in [0.4, 0.5) is 4.39 Å². The number of H-pyrrole nitrogens is 1. The maximum Gasteiger partial charge on any atom is 0.276 e. The molecule has 3 rings (SSSR count). The molecule has 0 bridgehead atoms. The molecular formula is C18H17FN4O4S. The first kappa shape index (κ1) is 19.4. The highest BCUT2D eigenvalue weighted by atomic mass is 32.2. The lowest BCUT2D eigenvalue weighted by molar-refractivity contribution is 0.354. The summed E-state index contributed by atoms with van der Waals surface area (Å²) in [6.07, 6.45) is 2.79. The second kappa shape index (κ2) is 8.09. The van der Waals surface area contributed by atoms with Gasteiger partial charge in [-0.1, -0.05) is 0 Å². The lowest BCUT2D eigenvalue weighted by Crippen LogP contribution is -2.18. The third kappa shape index (κ3) is 4.12. The third-order valence-electron chi connectivity index (χ3n) is 3.84. The highest BCUT2D eigenvalue weighted by Crippen LogP contribution is 2.29. The summed E-state index contributed by atoms with van der Waals surface area (Å²) in [7, 11) is -1.05. The molecule has 0 unspecified atom stereocenters. The summed E-state index contributed by atoms with van der Waals surface area (Å²) < 4.78 is 48.2. The summed E-state index contributed by atoms with van der Waals surface area (Å²) in [6, 6.07) is 9.98. The maximum atomic E-state index is 13.1. The molecule has 0 saturated carbocycles. The smallest absolute Gasteiger partial charge is 0.276 e. The monoisotopic (exact) mass is 404 g/mol. The lowest BCUT2D eigenvalue weighted by atomic mass is 10.1. The molecule has 0 aliphatic rings. The number of sulfonamides is 1. The van der Waals surface area contributed by atoms with Crippen molar-refractivity contribution in [1.82, 2.24) is 15.0 Å². The van der Waals surface area contributed by atoms with E-state index in [0.717, 1.165) is 0 Å². The number of benzene rings is 2. The summed E-state index contributed by atoms with van der Waals surface area (Å²) in [5.41, 5.74) is 1.79. The fourth-order valence-electron chi connectivity index (χ4n) is 2.44. The molecule has 3 aromatic rings. The van der Waals surface area contributed by atoms with Crippen molar-refractivity contribution in [3.63, 3.8) is 0 Å². The third-order valence-corrected chi connectivity index (χ3v) is 5.06. The van der Waals surface area contributed by atoms with Crippen LogP contribution in [-0.2, 0) is 10.0 Å². The van der Waals surface area contributed by atoms with E-state index in [4.69, 9.17) is 9.47 Å². The number of methoxy groups -OCH3 is 2. The van der Waals surface area contributed by atoms with Crippen molar-refractivity contribution < 1.29 is 22.3 Å². The number of rotatable bonds is 7. The Morgan fingerprint density at radius 3 is 2.50 bits per heavy atom.